The Bertz CT molecular complexity index is 733. The molecule has 4 rings (SSSR count). The molecule has 24 heavy (non-hydrogen) atoms. The third kappa shape index (κ3) is 2.74. The predicted octanol–water partition coefficient (Wildman–Crippen LogP) is -0.0565. The van der Waals surface area contributed by atoms with Crippen LogP contribution in [0.2, 0.25) is 0 Å². The molecule has 0 spiro atoms. The largest absolute Gasteiger partial charge is 0.389 e. The molecule has 8 nitrogen and oxygen atoms in total. The first kappa shape index (κ1) is 15.7. The minimum absolute atomic E-state index is 0.121. The highest BCUT2D eigenvalue weighted by molar-refractivity contribution is 5.86. The lowest BCUT2D eigenvalue weighted by Gasteiger charge is -2.28. The molecule has 130 valence electrons. The van der Waals surface area contributed by atoms with Crippen LogP contribution in [0, 0.1) is 6.92 Å². The molecule has 4 heterocycles. The zero-order chi connectivity index (χ0) is 16.7. The molecule has 2 saturated heterocycles. The van der Waals surface area contributed by atoms with Gasteiger partial charge in [-0.15, -0.1) is 0 Å². The predicted molar refractivity (Wildman–Crippen MR) is 90.1 cm³/mol. The summed E-state index contributed by atoms with van der Waals surface area (Å²) >= 11 is 0. The lowest BCUT2D eigenvalue weighted by molar-refractivity contribution is 0.0859. The third-order valence-electron chi connectivity index (χ3n) is 5.00. The number of nitrogens with zero attached hydrogens (tertiary/aromatic N) is 6. The number of fused-ring (bicyclic) bond motifs is 1. The van der Waals surface area contributed by atoms with Gasteiger partial charge in [0, 0.05) is 33.2 Å². The van der Waals surface area contributed by atoms with E-state index in [1.54, 1.807) is 4.68 Å². The molecule has 8 heteroatoms. The summed E-state index contributed by atoms with van der Waals surface area (Å²) in [4.78, 5) is 13.9. The molecule has 0 radical (unpaired) electrons. The van der Waals surface area contributed by atoms with Crippen LogP contribution in [0.15, 0.2) is 6.20 Å². The molecule has 2 aliphatic heterocycles. The van der Waals surface area contributed by atoms with Gasteiger partial charge in [-0.05, 0) is 13.3 Å². The number of rotatable bonds is 2. The monoisotopic (exact) mass is 332 g/mol. The Labute approximate surface area is 141 Å². The van der Waals surface area contributed by atoms with Gasteiger partial charge in [-0.25, -0.2) is 9.97 Å². The van der Waals surface area contributed by atoms with Gasteiger partial charge < -0.3 is 14.7 Å². The van der Waals surface area contributed by atoms with Crippen molar-refractivity contribution in [3.05, 3.63) is 12.0 Å². The number of hydrogen-bond donors (Lipinski definition) is 1. The molecule has 0 aliphatic carbocycles. The summed E-state index contributed by atoms with van der Waals surface area (Å²) in [6.45, 7) is 6.70. The molecule has 0 unspecified atom stereocenters. The number of aryl methyl sites for hydroxylation is 2. The zero-order valence-corrected chi connectivity index (χ0v) is 14.2. The van der Waals surface area contributed by atoms with Crippen molar-refractivity contribution in [3.63, 3.8) is 0 Å². The van der Waals surface area contributed by atoms with Crippen LogP contribution in [-0.4, -0.2) is 81.3 Å². The summed E-state index contributed by atoms with van der Waals surface area (Å²) in [7, 11) is 1.91. The minimum Gasteiger partial charge on any atom is -0.389 e. The molecule has 2 atom stereocenters. The van der Waals surface area contributed by atoms with E-state index in [0.29, 0.717) is 13.2 Å². The van der Waals surface area contributed by atoms with E-state index in [1.807, 2.05) is 20.2 Å². The van der Waals surface area contributed by atoms with Gasteiger partial charge in [-0.3, -0.25) is 9.58 Å². The van der Waals surface area contributed by atoms with Crippen LogP contribution in [0.25, 0.3) is 11.0 Å². The summed E-state index contributed by atoms with van der Waals surface area (Å²) in [6.07, 6.45) is 2.51. The highest BCUT2D eigenvalue weighted by Gasteiger charge is 2.32. The van der Waals surface area contributed by atoms with Crippen LogP contribution < -0.4 is 4.90 Å². The standard InChI is InChI=1S/C16H24N6O2/c1-11-18-15-12(8-17-20(15)2)16(19-11)22-5-3-4-21(6-7-22)13-9-24-10-14(13)23/h8,13-14,23H,3-7,9-10H2,1-2H3/t13-,14-/m0/s1. The SMILES string of the molecule is Cc1nc(N2CCCN([C@H]3COC[C@@H]3O)CC2)c2cnn(C)c2n1. The van der Waals surface area contributed by atoms with Gasteiger partial charge >= 0.3 is 0 Å². The molecule has 2 fully saturated rings. The Balaban J connectivity index is 1.57. The van der Waals surface area contributed by atoms with Crippen LogP contribution in [0.3, 0.4) is 0 Å². The van der Waals surface area contributed by atoms with Crippen LogP contribution in [0.5, 0.6) is 0 Å². The van der Waals surface area contributed by atoms with Gasteiger partial charge in [0.15, 0.2) is 5.65 Å². The van der Waals surface area contributed by atoms with Crippen molar-refractivity contribution in [2.45, 2.75) is 25.5 Å². The summed E-state index contributed by atoms with van der Waals surface area (Å²) < 4.78 is 7.21. The van der Waals surface area contributed by atoms with Crippen LogP contribution in [0.4, 0.5) is 5.82 Å². The molecule has 0 saturated carbocycles. The van der Waals surface area contributed by atoms with Gasteiger partial charge in [0.05, 0.1) is 36.9 Å². The molecule has 2 aromatic heterocycles. The maximum atomic E-state index is 10.1. The fourth-order valence-corrected chi connectivity index (χ4v) is 3.72. The van der Waals surface area contributed by atoms with E-state index in [9.17, 15) is 5.11 Å². The van der Waals surface area contributed by atoms with Crippen LogP contribution in [0.1, 0.15) is 12.2 Å². The van der Waals surface area contributed by atoms with E-state index in [2.05, 4.69) is 24.9 Å². The van der Waals surface area contributed by atoms with E-state index < -0.39 is 0 Å². The van der Waals surface area contributed by atoms with E-state index >= 15 is 0 Å². The maximum Gasteiger partial charge on any atom is 0.163 e. The van der Waals surface area contributed by atoms with Crippen molar-refractivity contribution in [1.29, 1.82) is 0 Å². The topological polar surface area (TPSA) is 79.5 Å². The second-order valence-electron chi connectivity index (χ2n) is 6.65. The van der Waals surface area contributed by atoms with Crippen molar-refractivity contribution in [2.75, 3.05) is 44.3 Å². The van der Waals surface area contributed by atoms with Gasteiger partial charge in [-0.2, -0.15) is 5.10 Å². The van der Waals surface area contributed by atoms with E-state index in [1.165, 1.54) is 0 Å². The van der Waals surface area contributed by atoms with E-state index in [4.69, 9.17) is 4.74 Å². The highest BCUT2D eigenvalue weighted by Crippen LogP contribution is 2.25. The van der Waals surface area contributed by atoms with Crippen molar-refractivity contribution in [2.24, 2.45) is 7.05 Å². The average molecular weight is 332 g/mol. The smallest absolute Gasteiger partial charge is 0.163 e. The lowest BCUT2D eigenvalue weighted by atomic mass is 10.2. The van der Waals surface area contributed by atoms with Crippen molar-refractivity contribution >= 4 is 16.9 Å². The summed E-state index contributed by atoms with van der Waals surface area (Å²) in [5.74, 6) is 1.73. The normalized spacial score (nSPS) is 26.2. The Kier molecular flexibility index (Phi) is 4.11. The molecule has 0 bridgehead atoms. The van der Waals surface area contributed by atoms with Gasteiger partial charge in [-0.1, -0.05) is 0 Å². The second-order valence-corrected chi connectivity index (χ2v) is 6.65. The number of hydrogen-bond acceptors (Lipinski definition) is 7. The zero-order valence-electron chi connectivity index (χ0n) is 14.2. The van der Waals surface area contributed by atoms with Gasteiger partial charge in [0.1, 0.15) is 11.6 Å². The van der Waals surface area contributed by atoms with Crippen molar-refractivity contribution in [1.82, 2.24) is 24.6 Å². The van der Waals surface area contributed by atoms with E-state index in [-0.39, 0.29) is 12.1 Å². The summed E-state index contributed by atoms with van der Waals surface area (Å²) in [6, 6.07) is 0.121. The Morgan fingerprint density at radius 1 is 1.17 bits per heavy atom. The Morgan fingerprint density at radius 2 is 2.04 bits per heavy atom. The third-order valence-corrected chi connectivity index (χ3v) is 5.00. The fraction of sp³-hybridized carbons (Fsp3) is 0.688. The van der Waals surface area contributed by atoms with Crippen molar-refractivity contribution < 1.29 is 9.84 Å². The molecule has 0 aromatic carbocycles. The second kappa shape index (κ2) is 6.27. The minimum atomic E-state index is -0.372. The summed E-state index contributed by atoms with van der Waals surface area (Å²) in [5.41, 5.74) is 0.873. The van der Waals surface area contributed by atoms with Crippen molar-refractivity contribution in [3.8, 4) is 0 Å². The molecule has 2 aliphatic rings. The highest BCUT2D eigenvalue weighted by atomic mass is 16.5. The summed E-state index contributed by atoms with van der Waals surface area (Å²) in [5, 5.41) is 15.4. The molecular formula is C16H24N6O2. The number of anilines is 1. The van der Waals surface area contributed by atoms with Gasteiger partial charge in [0.25, 0.3) is 0 Å². The quantitative estimate of drug-likeness (QED) is 0.825. The first-order chi connectivity index (χ1) is 11.6. The van der Waals surface area contributed by atoms with Crippen LogP contribution >= 0.6 is 0 Å². The molecular weight excluding hydrogens is 308 g/mol. The lowest BCUT2D eigenvalue weighted by Crippen LogP contribution is -2.44. The Morgan fingerprint density at radius 3 is 2.83 bits per heavy atom. The number of ether oxygens (including phenoxy) is 1. The van der Waals surface area contributed by atoms with E-state index in [0.717, 1.165) is 55.3 Å². The average Bonchev–Trinajstić information content (AvgIpc) is 3.05. The molecule has 1 N–H and O–H groups in total. The first-order valence-electron chi connectivity index (χ1n) is 8.54. The first-order valence-corrected chi connectivity index (χ1v) is 8.54. The van der Waals surface area contributed by atoms with Gasteiger partial charge in [0.2, 0.25) is 0 Å². The Hall–Kier alpha value is -1.77. The number of aliphatic hydroxyl groups excluding tert-OH is 1. The molecule has 0 amide bonds. The molecule has 2 aromatic rings. The maximum absolute atomic E-state index is 10.1. The fourth-order valence-electron chi connectivity index (χ4n) is 3.72. The van der Waals surface area contributed by atoms with Crippen LogP contribution in [-0.2, 0) is 11.8 Å². The number of aliphatic hydroxyl groups is 1. The number of aromatic nitrogens is 4.